The first-order valence-electron chi connectivity index (χ1n) is 9.00. The van der Waals surface area contributed by atoms with Crippen LogP contribution in [0.25, 0.3) is 0 Å². The highest BCUT2D eigenvalue weighted by molar-refractivity contribution is 7.09. The first-order chi connectivity index (χ1) is 12.0. The zero-order chi connectivity index (χ0) is 17.5. The number of hydrogen-bond donors (Lipinski definition) is 1. The van der Waals surface area contributed by atoms with Gasteiger partial charge in [0.05, 0.1) is 5.60 Å². The Balaban J connectivity index is 1.20. The lowest BCUT2D eigenvalue weighted by molar-refractivity contribution is -0.150. The number of likely N-dealkylation sites (tertiary alicyclic amines) is 1. The lowest BCUT2D eigenvalue weighted by Gasteiger charge is -2.50. The minimum absolute atomic E-state index is 0.0640. The molecule has 0 radical (unpaired) electrons. The number of carbonyl (C=O) groups is 1. The molecule has 4 rings (SSSR count). The minimum Gasteiger partial charge on any atom is -0.372 e. The van der Waals surface area contributed by atoms with E-state index in [9.17, 15) is 13.6 Å². The van der Waals surface area contributed by atoms with Gasteiger partial charge in [-0.15, -0.1) is 11.3 Å². The van der Waals surface area contributed by atoms with Crippen LogP contribution in [0.15, 0.2) is 17.5 Å². The summed E-state index contributed by atoms with van der Waals surface area (Å²) in [7, 11) is 0. The summed E-state index contributed by atoms with van der Waals surface area (Å²) < 4.78 is 31.7. The van der Waals surface area contributed by atoms with Crippen LogP contribution in [-0.2, 0) is 16.1 Å². The molecule has 1 aliphatic carbocycles. The van der Waals surface area contributed by atoms with E-state index in [-0.39, 0.29) is 24.3 Å². The molecule has 0 unspecified atom stereocenters. The summed E-state index contributed by atoms with van der Waals surface area (Å²) in [6.07, 6.45) is 1.28. The summed E-state index contributed by atoms with van der Waals surface area (Å²) in [5.41, 5.74) is -0.0640. The number of hydrogen-bond acceptors (Lipinski definition) is 4. The monoisotopic (exact) mass is 370 g/mol. The SMILES string of the molecule is O=C(NCC[C@@H]1CCOC12CN(Cc1cccs1)C2)C1CC(F)(F)C1. The van der Waals surface area contributed by atoms with Crippen molar-refractivity contribution in [2.75, 3.05) is 26.2 Å². The number of amides is 1. The van der Waals surface area contributed by atoms with E-state index in [1.165, 1.54) is 4.88 Å². The molecule has 0 bridgehead atoms. The number of nitrogens with zero attached hydrogens (tertiary/aromatic N) is 1. The predicted molar refractivity (Wildman–Crippen MR) is 91.7 cm³/mol. The number of rotatable bonds is 6. The molecule has 3 heterocycles. The Hall–Kier alpha value is -1.05. The van der Waals surface area contributed by atoms with Crippen molar-refractivity contribution in [2.45, 2.75) is 43.8 Å². The van der Waals surface area contributed by atoms with Gasteiger partial charge in [0, 0.05) is 56.4 Å². The van der Waals surface area contributed by atoms with Gasteiger partial charge in [-0.2, -0.15) is 0 Å². The topological polar surface area (TPSA) is 41.6 Å². The maximum atomic E-state index is 12.8. The fourth-order valence-electron chi connectivity index (χ4n) is 4.35. The van der Waals surface area contributed by atoms with Crippen molar-refractivity contribution >= 4 is 17.2 Å². The minimum atomic E-state index is -2.64. The maximum absolute atomic E-state index is 12.8. The van der Waals surface area contributed by atoms with E-state index in [2.05, 4.69) is 27.7 Å². The summed E-state index contributed by atoms with van der Waals surface area (Å²) in [6.45, 7) is 4.20. The highest BCUT2D eigenvalue weighted by Gasteiger charge is 2.52. The van der Waals surface area contributed by atoms with Crippen LogP contribution in [0.5, 0.6) is 0 Å². The van der Waals surface area contributed by atoms with Crippen molar-refractivity contribution < 1.29 is 18.3 Å². The number of alkyl halides is 2. The van der Waals surface area contributed by atoms with Crippen LogP contribution in [0.1, 0.15) is 30.6 Å². The Labute approximate surface area is 150 Å². The summed E-state index contributed by atoms with van der Waals surface area (Å²) in [4.78, 5) is 15.7. The molecule has 1 spiro atoms. The number of thiophene rings is 1. The number of halogens is 2. The van der Waals surface area contributed by atoms with Gasteiger partial charge in [-0.1, -0.05) is 6.07 Å². The molecule has 2 aliphatic heterocycles. The second-order valence-electron chi connectivity index (χ2n) is 7.66. The molecule has 1 N–H and O–H groups in total. The van der Waals surface area contributed by atoms with Gasteiger partial charge in [0.25, 0.3) is 0 Å². The molecule has 1 saturated carbocycles. The number of nitrogens with one attached hydrogen (secondary N) is 1. The lowest BCUT2D eigenvalue weighted by atomic mass is 9.78. The molecule has 3 fully saturated rings. The van der Waals surface area contributed by atoms with Gasteiger partial charge < -0.3 is 10.1 Å². The predicted octanol–water partition coefficient (Wildman–Crippen LogP) is 2.89. The first-order valence-corrected chi connectivity index (χ1v) is 9.88. The Kier molecular flexibility index (Phi) is 4.58. The molecule has 1 aromatic rings. The van der Waals surface area contributed by atoms with Crippen LogP contribution in [-0.4, -0.2) is 48.6 Å². The third-order valence-corrected chi connectivity index (χ3v) is 6.66. The lowest BCUT2D eigenvalue weighted by Crippen LogP contribution is -2.64. The Morgan fingerprint density at radius 1 is 1.40 bits per heavy atom. The molecule has 138 valence electrons. The zero-order valence-corrected chi connectivity index (χ0v) is 15.0. The average Bonchev–Trinajstić information content (AvgIpc) is 3.14. The Morgan fingerprint density at radius 2 is 2.20 bits per heavy atom. The van der Waals surface area contributed by atoms with Crippen molar-refractivity contribution in [3.8, 4) is 0 Å². The van der Waals surface area contributed by atoms with Gasteiger partial charge in [0.15, 0.2) is 0 Å². The third kappa shape index (κ3) is 3.59. The molecule has 1 atom stereocenters. The smallest absolute Gasteiger partial charge is 0.249 e. The van der Waals surface area contributed by atoms with Gasteiger partial charge in [-0.3, -0.25) is 9.69 Å². The van der Waals surface area contributed by atoms with Crippen LogP contribution >= 0.6 is 11.3 Å². The molecule has 4 nitrogen and oxygen atoms in total. The fourth-order valence-corrected chi connectivity index (χ4v) is 5.09. The van der Waals surface area contributed by atoms with Gasteiger partial charge in [-0.05, 0) is 30.2 Å². The quantitative estimate of drug-likeness (QED) is 0.837. The van der Waals surface area contributed by atoms with E-state index < -0.39 is 11.8 Å². The van der Waals surface area contributed by atoms with Crippen molar-refractivity contribution in [3.05, 3.63) is 22.4 Å². The van der Waals surface area contributed by atoms with E-state index in [1.807, 2.05) is 0 Å². The van der Waals surface area contributed by atoms with E-state index in [4.69, 9.17) is 4.74 Å². The van der Waals surface area contributed by atoms with Gasteiger partial charge in [-0.25, -0.2) is 8.78 Å². The maximum Gasteiger partial charge on any atom is 0.249 e. The van der Waals surface area contributed by atoms with Gasteiger partial charge in [0.2, 0.25) is 11.8 Å². The van der Waals surface area contributed by atoms with E-state index in [1.54, 1.807) is 11.3 Å². The zero-order valence-electron chi connectivity index (χ0n) is 14.2. The Bertz CT molecular complexity index is 609. The van der Waals surface area contributed by atoms with Crippen LogP contribution in [0.2, 0.25) is 0 Å². The summed E-state index contributed by atoms with van der Waals surface area (Å²) in [6, 6.07) is 4.23. The molecule has 7 heteroatoms. The van der Waals surface area contributed by atoms with Gasteiger partial charge in [0.1, 0.15) is 0 Å². The number of carbonyl (C=O) groups excluding carboxylic acids is 1. The molecular formula is C18H24F2N2O2S. The summed E-state index contributed by atoms with van der Waals surface area (Å²) in [5.74, 6) is -2.92. The fraction of sp³-hybridized carbons (Fsp3) is 0.722. The molecule has 25 heavy (non-hydrogen) atoms. The molecule has 1 amide bonds. The average molecular weight is 370 g/mol. The Morgan fingerprint density at radius 3 is 2.88 bits per heavy atom. The van der Waals surface area contributed by atoms with E-state index >= 15 is 0 Å². The van der Waals surface area contributed by atoms with Crippen LogP contribution in [0.4, 0.5) is 8.78 Å². The van der Waals surface area contributed by atoms with E-state index in [0.717, 1.165) is 39.1 Å². The van der Waals surface area contributed by atoms with Crippen LogP contribution in [0, 0.1) is 11.8 Å². The molecule has 0 aromatic carbocycles. The molecular weight excluding hydrogens is 346 g/mol. The van der Waals surface area contributed by atoms with Crippen LogP contribution in [0.3, 0.4) is 0 Å². The molecule has 3 aliphatic rings. The van der Waals surface area contributed by atoms with Gasteiger partial charge >= 0.3 is 0 Å². The van der Waals surface area contributed by atoms with Crippen LogP contribution < -0.4 is 5.32 Å². The normalized spacial score (nSPS) is 27.8. The van der Waals surface area contributed by atoms with Crippen molar-refractivity contribution in [1.82, 2.24) is 10.2 Å². The molecule has 2 saturated heterocycles. The third-order valence-electron chi connectivity index (χ3n) is 5.79. The number of ether oxygens (including phenoxy) is 1. The first kappa shape index (κ1) is 17.4. The van der Waals surface area contributed by atoms with E-state index in [0.29, 0.717) is 12.5 Å². The highest BCUT2D eigenvalue weighted by atomic mass is 32.1. The summed E-state index contributed by atoms with van der Waals surface area (Å²) in [5, 5.41) is 4.94. The highest BCUT2D eigenvalue weighted by Crippen LogP contribution is 2.43. The van der Waals surface area contributed by atoms with Crippen molar-refractivity contribution in [3.63, 3.8) is 0 Å². The van der Waals surface area contributed by atoms with Crippen molar-refractivity contribution in [2.24, 2.45) is 11.8 Å². The second kappa shape index (κ2) is 6.59. The molecule has 1 aromatic heterocycles. The summed E-state index contributed by atoms with van der Waals surface area (Å²) >= 11 is 1.78. The second-order valence-corrected chi connectivity index (χ2v) is 8.70. The largest absolute Gasteiger partial charge is 0.372 e. The van der Waals surface area contributed by atoms with Crippen molar-refractivity contribution in [1.29, 1.82) is 0 Å². The standard InChI is InChI=1S/C18H24F2N2O2S/c19-18(20)8-13(9-18)16(23)21-5-3-14-4-6-24-17(14)11-22(12-17)10-15-2-1-7-25-15/h1-2,7,13-14H,3-6,8-12H2,(H,21,23)/t14-/m1/s1.